The molecular formula is C16H13FN4O3. The van der Waals surface area contributed by atoms with Crippen LogP contribution in [-0.4, -0.2) is 21.0 Å². The van der Waals surface area contributed by atoms with Gasteiger partial charge in [0, 0.05) is 11.8 Å². The lowest BCUT2D eigenvalue weighted by molar-refractivity contribution is 0.0931. The van der Waals surface area contributed by atoms with E-state index in [-0.39, 0.29) is 23.1 Å². The van der Waals surface area contributed by atoms with Crippen LogP contribution in [0.5, 0.6) is 0 Å². The quantitative estimate of drug-likeness (QED) is 0.763. The fraction of sp³-hybridized carbons (Fsp3) is 0.125. The van der Waals surface area contributed by atoms with E-state index in [1.54, 1.807) is 13.0 Å². The highest BCUT2D eigenvalue weighted by atomic mass is 19.1. The Bertz CT molecular complexity index is 917. The van der Waals surface area contributed by atoms with Crippen LogP contribution >= 0.6 is 0 Å². The van der Waals surface area contributed by atoms with Crippen LogP contribution in [0.4, 0.5) is 4.39 Å². The predicted molar refractivity (Wildman–Crippen MR) is 82.6 cm³/mol. The number of pyridine rings is 1. The molecule has 8 heteroatoms. The van der Waals surface area contributed by atoms with Gasteiger partial charge in [-0.05, 0) is 43.3 Å². The van der Waals surface area contributed by atoms with Crippen molar-refractivity contribution < 1.29 is 13.7 Å². The number of hydrogen-bond acceptors (Lipinski definition) is 5. The molecule has 0 unspecified atom stereocenters. The van der Waals surface area contributed by atoms with Crippen molar-refractivity contribution in [2.45, 2.75) is 13.0 Å². The van der Waals surface area contributed by atoms with Gasteiger partial charge in [0.1, 0.15) is 17.4 Å². The summed E-state index contributed by atoms with van der Waals surface area (Å²) in [5, 5.41) is 6.42. The molecule has 7 nitrogen and oxygen atoms in total. The fourth-order valence-electron chi connectivity index (χ4n) is 2.06. The molecule has 122 valence electrons. The molecule has 0 aliphatic heterocycles. The van der Waals surface area contributed by atoms with Crippen molar-refractivity contribution in [3.05, 3.63) is 70.2 Å². The van der Waals surface area contributed by atoms with E-state index in [4.69, 9.17) is 4.52 Å². The van der Waals surface area contributed by atoms with Crippen molar-refractivity contribution in [2.24, 2.45) is 0 Å². The molecule has 0 spiro atoms. The van der Waals surface area contributed by atoms with Crippen LogP contribution in [0.1, 0.15) is 29.2 Å². The second kappa shape index (κ2) is 6.45. The fourth-order valence-corrected chi connectivity index (χ4v) is 2.06. The zero-order valence-electron chi connectivity index (χ0n) is 12.6. The van der Waals surface area contributed by atoms with Crippen LogP contribution in [0.2, 0.25) is 0 Å². The van der Waals surface area contributed by atoms with Crippen molar-refractivity contribution in [1.29, 1.82) is 0 Å². The molecule has 1 amide bonds. The van der Waals surface area contributed by atoms with E-state index in [1.807, 2.05) is 0 Å². The first-order valence-corrected chi connectivity index (χ1v) is 7.12. The molecule has 0 fully saturated rings. The SMILES string of the molecule is C[C@H](NC(=O)c1ccc[nH]c1=O)c1nc(-c2ccc(F)cc2)no1. The average Bonchev–Trinajstić information content (AvgIpc) is 3.06. The average molecular weight is 328 g/mol. The molecule has 3 aromatic rings. The zero-order valence-corrected chi connectivity index (χ0v) is 12.6. The predicted octanol–water partition coefficient (Wildman–Crippen LogP) is 2.05. The van der Waals surface area contributed by atoms with Crippen LogP contribution in [0.25, 0.3) is 11.4 Å². The number of carbonyl (C=O) groups excluding carboxylic acids is 1. The number of aromatic amines is 1. The second-order valence-electron chi connectivity index (χ2n) is 5.07. The first-order chi connectivity index (χ1) is 11.5. The molecule has 3 rings (SSSR count). The first-order valence-electron chi connectivity index (χ1n) is 7.12. The van der Waals surface area contributed by atoms with E-state index in [9.17, 15) is 14.0 Å². The molecule has 1 aromatic carbocycles. The summed E-state index contributed by atoms with van der Waals surface area (Å²) in [5.74, 6) is -0.458. The Morgan fingerprint density at radius 2 is 2.04 bits per heavy atom. The Balaban J connectivity index is 1.75. The highest BCUT2D eigenvalue weighted by molar-refractivity contribution is 5.93. The molecule has 2 N–H and O–H groups in total. The molecule has 0 bridgehead atoms. The van der Waals surface area contributed by atoms with Gasteiger partial charge in [-0.3, -0.25) is 9.59 Å². The molecular weight excluding hydrogens is 315 g/mol. The smallest absolute Gasteiger partial charge is 0.260 e. The summed E-state index contributed by atoms with van der Waals surface area (Å²) in [5.41, 5.74) is 0.0896. The van der Waals surface area contributed by atoms with Crippen molar-refractivity contribution >= 4 is 5.91 Å². The number of rotatable bonds is 4. The van der Waals surface area contributed by atoms with Crippen LogP contribution in [0.3, 0.4) is 0 Å². The van der Waals surface area contributed by atoms with Gasteiger partial charge in [0.15, 0.2) is 0 Å². The maximum absolute atomic E-state index is 12.9. The number of benzene rings is 1. The number of aromatic nitrogens is 3. The highest BCUT2D eigenvalue weighted by Gasteiger charge is 2.19. The maximum atomic E-state index is 12.9. The first kappa shape index (κ1) is 15.6. The van der Waals surface area contributed by atoms with Crippen LogP contribution in [0, 0.1) is 5.82 Å². The summed E-state index contributed by atoms with van der Waals surface area (Å²) >= 11 is 0. The molecule has 2 heterocycles. The van der Waals surface area contributed by atoms with Crippen molar-refractivity contribution in [3.63, 3.8) is 0 Å². The number of H-pyrrole nitrogens is 1. The lowest BCUT2D eigenvalue weighted by atomic mass is 10.2. The number of hydrogen-bond donors (Lipinski definition) is 2. The minimum atomic E-state index is -0.598. The summed E-state index contributed by atoms with van der Waals surface area (Å²) in [6.07, 6.45) is 1.44. The van der Waals surface area contributed by atoms with E-state index in [2.05, 4.69) is 20.4 Å². The topological polar surface area (TPSA) is 101 Å². The molecule has 0 radical (unpaired) electrons. The van der Waals surface area contributed by atoms with Crippen molar-refractivity contribution in [3.8, 4) is 11.4 Å². The van der Waals surface area contributed by atoms with Crippen LogP contribution in [-0.2, 0) is 0 Å². The Hall–Kier alpha value is -3.29. The van der Waals surface area contributed by atoms with Gasteiger partial charge in [0.25, 0.3) is 11.5 Å². The lowest BCUT2D eigenvalue weighted by Gasteiger charge is -2.08. The van der Waals surface area contributed by atoms with Crippen LogP contribution in [0.15, 0.2) is 51.9 Å². The minimum absolute atomic E-state index is 0.0115. The third kappa shape index (κ3) is 3.22. The van der Waals surface area contributed by atoms with Gasteiger partial charge in [-0.25, -0.2) is 4.39 Å². The Morgan fingerprint density at radius 1 is 1.29 bits per heavy atom. The summed E-state index contributed by atoms with van der Waals surface area (Å²) in [6, 6.07) is 8.00. The summed E-state index contributed by atoms with van der Waals surface area (Å²) < 4.78 is 18.1. The number of carbonyl (C=O) groups is 1. The molecule has 0 aliphatic rings. The molecule has 1 atom stereocenters. The summed E-state index contributed by atoms with van der Waals surface area (Å²) in [7, 11) is 0. The van der Waals surface area contributed by atoms with Gasteiger partial charge < -0.3 is 14.8 Å². The second-order valence-corrected chi connectivity index (χ2v) is 5.07. The van der Waals surface area contributed by atoms with E-state index >= 15 is 0 Å². The molecule has 2 aromatic heterocycles. The monoisotopic (exact) mass is 328 g/mol. The Kier molecular flexibility index (Phi) is 4.19. The normalized spacial score (nSPS) is 11.9. The third-order valence-corrected chi connectivity index (χ3v) is 3.32. The molecule has 0 aliphatic carbocycles. The Morgan fingerprint density at radius 3 is 2.75 bits per heavy atom. The Labute approximate surface area is 135 Å². The van der Waals surface area contributed by atoms with Gasteiger partial charge in [0.05, 0.1) is 0 Å². The van der Waals surface area contributed by atoms with Crippen molar-refractivity contribution in [1.82, 2.24) is 20.4 Å². The van der Waals surface area contributed by atoms with E-state index in [0.717, 1.165) is 0 Å². The van der Waals surface area contributed by atoms with E-state index in [1.165, 1.54) is 36.5 Å². The minimum Gasteiger partial charge on any atom is -0.340 e. The number of halogens is 1. The van der Waals surface area contributed by atoms with E-state index < -0.39 is 17.5 Å². The maximum Gasteiger partial charge on any atom is 0.260 e. The van der Waals surface area contributed by atoms with Gasteiger partial charge >= 0.3 is 0 Å². The van der Waals surface area contributed by atoms with Crippen molar-refractivity contribution in [2.75, 3.05) is 0 Å². The summed E-state index contributed by atoms with van der Waals surface area (Å²) in [4.78, 5) is 30.3. The van der Waals surface area contributed by atoms with Gasteiger partial charge in [-0.2, -0.15) is 4.98 Å². The van der Waals surface area contributed by atoms with E-state index in [0.29, 0.717) is 5.56 Å². The number of nitrogens with one attached hydrogen (secondary N) is 2. The van der Waals surface area contributed by atoms with Gasteiger partial charge in [-0.15, -0.1) is 0 Å². The summed E-state index contributed by atoms with van der Waals surface area (Å²) in [6.45, 7) is 1.65. The molecule has 24 heavy (non-hydrogen) atoms. The zero-order chi connectivity index (χ0) is 17.1. The largest absolute Gasteiger partial charge is 0.340 e. The van der Waals surface area contributed by atoms with Gasteiger partial charge in [0.2, 0.25) is 11.7 Å². The molecule has 0 saturated carbocycles. The third-order valence-electron chi connectivity index (χ3n) is 3.32. The highest BCUT2D eigenvalue weighted by Crippen LogP contribution is 2.19. The van der Waals surface area contributed by atoms with Gasteiger partial charge in [-0.1, -0.05) is 5.16 Å². The van der Waals surface area contributed by atoms with Crippen LogP contribution < -0.4 is 10.9 Å². The number of nitrogens with zero attached hydrogens (tertiary/aromatic N) is 2. The molecule has 0 saturated heterocycles. The lowest BCUT2D eigenvalue weighted by Crippen LogP contribution is -2.31. The number of amides is 1. The standard InChI is InChI=1S/C16H13FN4O3/c1-9(19-15(23)12-3-2-8-18-14(12)22)16-20-13(21-24-16)10-4-6-11(17)7-5-10/h2-9H,1H3,(H,18,22)(H,19,23)/t9-/m0/s1.